The molecule has 14 heavy (non-hydrogen) atoms. The van der Waals surface area contributed by atoms with Gasteiger partial charge in [0.25, 0.3) is 0 Å². The molecule has 0 aliphatic rings. The van der Waals surface area contributed by atoms with E-state index in [1.807, 2.05) is 6.92 Å². The number of hydrogen-bond donors (Lipinski definition) is 2. The molecule has 0 aromatic carbocycles. The van der Waals surface area contributed by atoms with Gasteiger partial charge in [0.15, 0.2) is 0 Å². The quantitative estimate of drug-likeness (QED) is 0.587. The zero-order valence-electron chi connectivity index (χ0n) is 8.36. The maximum Gasteiger partial charge on any atom is 0.323 e. The fourth-order valence-electron chi connectivity index (χ4n) is 0.840. The first-order chi connectivity index (χ1) is 6.52. The Morgan fingerprint density at radius 2 is 2.07 bits per heavy atom. The number of carbonyl (C=O) groups is 2. The smallest absolute Gasteiger partial charge is 0.323 e. The van der Waals surface area contributed by atoms with Crippen LogP contribution in [0.15, 0.2) is 0 Å². The number of primary amides is 1. The van der Waals surface area contributed by atoms with E-state index in [2.05, 4.69) is 4.74 Å². The summed E-state index contributed by atoms with van der Waals surface area (Å²) in [5.74, 6) is -0.514. The number of ether oxygens (including phenoxy) is 1. The first kappa shape index (κ1) is 13.2. The molecule has 6 heteroatoms. The molecule has 1 amide bonds. The Labute approximate surface area is 87.5 Å². The van der Waals surface area contributed by atoms with Gasteiger partial charge in [0, 0.05) is 5.75 Å². The van der Waals surface area contributed by atoms with Gasteiger partial charge in [-0.2, -0.15) is 0 Å². The molecule has 0 aromatic heterocycles. The zero-order chi connectivity index (χ0) is 11.1. The Kier molecular flexibility index (Phi) is 6.31. The Hall–Kier alpha value is -0.750. The van der Waals surface area contributed by atoms with Crippen molar-refractivity contribution in [3.63, 3.8) is 0 Å². The highest BCUT2D eigenvalue weighted by Crippen LogP contribution is 2.14. The number of esters is 1. The molecule has 5 nitrogen and oxygen atoms in total. The molecule has 0 aromatic rings. The van der Waals surface area contributed by atoms with Crippen LogP contribution in [0.1, 0.15) is 13.3 Å². The fraction of sp³-hybridized carbons (Fsp3) is 0.750. The van der Waals surface area contributed by atoms with E-state index in [0.29, 0.717) is 12.2 Å². The highest BCUT2D eigenvalue weighted by atomic mass is 32.2. The number of methoxy groups -OCH3 is 1. The van der Waals surface area contributed by atoms with Crippen molar-refractivity contribution in [2.75, 3.05) is 12.9 Å². The van der Waals surface area contributed by atoms with Gasteiger partial charge in [-0.05, 0) is 6.42 Å². The van der Waals surface area contributed by atoms with E-state index in [4.69, 9.17) is 11.5 Å². The molecular weight excluding hydrogens is 204 g/mol. The van der Waals surface area contributed by atoms with Crippen LogP contribution in [0, 0.1) is 0 Å². The molecule has 0 fully saturated rings. The van der Waals surface area contributed by atoms with Crippen molar-refractivity contribution < 1.29 is 14.3 Å². The number of hydrogen-bond acceptors (Lipinski definition) is 5. The van der Waals surface area contributed by atoms with E-state index in [1.54, 1.807) is 0 Å². The van der Waals surface area contributed by atoms with E-state index in [-0.39, 0.29) is 11.2 Å². The third kappa shape index (κ3) is 4.48. The van der Waals surface area contributed by atoms with Crippen molar-refractivity contribution in [1.29, 1.82) is 0 Å². The molecule has 2 atom stereocenters. The summed E-state index contributed by atoms with van der Waals surface area (Å²) in [6, 6.07) is -0.696. The molecule has 0 aliphatic heterocycles. The third-order valence-electron chi connectivity index (χ3n) is 1.67. The van der Waals surface area contributed by atoms with Gasteiger partial charge in [-0.25, -0.2) is 0 Å². The second-order valence-electron chi connectivity index (χ2n) is 2.76. The molecule has 0 aliphatic carbocycles. The van der Waals surface area contributed by atoms with Crippen LogP contribution in [0.2, 0.25) is 0 Å². The second kappa shape index (κ2) is 6.67. The molecule has 0 saturated carbocycles. The van der Waals surface area contributed by atoms with Crippen LogP contribution in [0.25, 0.3) is 0 Å². The van der Waals surface area contributed by atoms with Crippen molar-refractivity contribution >= 4 is 23.6 Å². The predicted molar refractivity (Wildman–Crippen MR) is 55.7 cm³/mol. The average Bonchev–Trinajstić information content (AvgIpc) is 2.16. The van der Waals surface area contributed by atoms with Crippen LogP contribution >= 0.6 is 11.8 Å². The van der Waals surface area contributed by atoms with Crippen molar-refractivity contribution in [1.82, 2.24) is 0 Å². The minimum Gasteiger partial charge on any atom is -0.468 e. The summed E-state index contributed by atoms with van der Waals surface area (Å²) >= 11 is 1.28. The van der Waals surface area contributed by atoms with E-state index in [1.165, 1.54) is 18.9 Å². The first-order valence-electron chi connectivity index (χ1n) is 4.27. The van der Waals surface area contributed by atoms with Crippen LogP contribution in [0.3, 0.4) is 0 Å². The molecule has 0 rings (SSSR count). The minimum atomic E-state index is -0.696. The SMILES string of the molecule is CCC(SCC(N)C(=O)OC)C(N)=O. The molecule has 0 bridgehead atoms. The molecule has 0 heterocycles. The van der Waals surface area contributed by atoms with Gasteiger partial charge in [-0.3, -0.25) is 9.59 Å². The standard InChI is InChI=1S/C8H16N2O3S/c1-3-6(7(10)11)14-4-5(9)8(12)13-2/h5-6H,3-4,9H2,1-2H3,(H2,10,11). The molecule has 0 spiro atoms. The van der Waals surface area contributed by atoms with Crippen LogP contribution in [-0.4, -0.2) is 36.0 Å². The summed E-state index contributed by atoms with van der Waals surface area (Å²) in [4.78, 5) is 21.7. The summed E-state index contributed by atoms with van der Waals surface area (Å²) < 4.78 is 4.44. The second-order valence-corrected chi connectivity index (χ2v) is 4.00. The molecule has 4 N–H and O–H groups in total. The average molecular weight is 220 g/mol. The lowest BCUT2D eigenvalue weighted by molar-refractivity contribution is -0.141. The summed E-state index contributed by atoms with van der Waals surface area (Å²) in [5.41, 5.74) is 10.6. The molecule has 0 saturated heterocycles. The number of amides is 1. The third-order valence-corrected chi connectivity index (χ3v) is 3.19. The molecule has 82 valence electrons. The van der Waals surface area contributed by atoms with Gasteiger partial charge in [-0.1, -0.05) is 6.92 Å². The monoisotopic (exact) mass is 220 g/mol. The van der Waals surface area contributed by atoms with Crippen molar-refractivity contribution in [3.8, 4) is 0 Å². The van der Waals surface area contributed by atoms with Crippen molar-refractivity contribution in [2.45, 2.75) is 24.6 Å². The first-order valence-corrected chi connectivity index (χ1v) is 5.32. The van der Waals surface area contributed by atoms with Gasteiger partial charge in [0.05, 0.1) is 12.4 Å². The van der Waals surface area contributed by atoms with E-state index in [9.17, 15) is 9.59 Å². The van der Waals surface area contributed by atoms with E-state index in [0.717, 1.165) is 0 Å². The van der Waals surface area contributed by atoms with Gasteiger partial charge in [0.2, 0.25) is 5.91 Å². The largest absolute Gasteiger partial charge is 0.468 e. The normalized spacial score (nSPS) is 14.5. The lowest BCUT2D eigenvalue weighted by Gasteiger charge is -2.13. The van der Waals surface area contributed by atoms with Crippen molar-refractivity contribution in [2.24, 2.45) is 11.5 Å². The predicted octanol–water partition coefficient (Wildman–Crippen LogP) is -0.516. The highest BCUT2D eigenvalue weighted by molar-refractivity contribution is 8.00. The van der Waals surface area contributed by atoms with E-state index >= 15 is 0 Å². The van der Waals surface area contributed by atoms with Gasteiger partial charge in [0.1, 0.15) is 6.04 Å². The topological polar surface area (TPSA) is 95.4 Å². The number of rotatable bonds is 6. The van der Waals surface area contributed by atoms with Gasteiger partial charge < -0.3 is 16.2 Å². The Morgan fingerprint density at radius 1 is 1.50 bits per heavy atom. The van der Waals surface area contributed by atoms with E-state index < -0.39 is 12.0 Å². The molecular formula is C8H16N2O3S. The lowest BCUT2D eigenvalue weighted by Crippen LogP contribution is -2.36. The van der Waals surface area contributed by atoms with Gasteiger partial charge >= 0.3 is 5.97 Å². The maximum absolute atomic E-state index is 10.9. The lowest BCUT2D eigenvalue weighted by atomic mass is 10.3. The summed E-state index contributed by atoms with van der Waals surface area (Å²) in [6.45, 7) is 1.85. The summed E-state index contributed by atoms with van der Waals surface area (Å²) in [6.07, 6.45) is 0.633. The van der Waals surface area contributed by atoms with Crippen LogP contribution in [0.5, 0.6) is 0 Å². The maximum atomic E-state index is 10.9. The number of carbonyl (C=O) groups excluding carboxylic acids is 2. The van der Waals surface area contributed by atoms with Crippen LogP contribution < -0.4 is 11.5 Å². The zero-order valence-corrected chi connectivity index (χ0v) is 9.17. The Bertz CT molecular complexity index is 211. The van der Waals surface area contributed by atoms with Crippen LogP contribution in [-0.2, 0) is 14.3 Å². The van der Waals surface area contributed by atoms with Crippen molar-refractivity contribution in [3.05, 3.63) is 0 Å². The fourth-order valence-corrected chi connectivity index (χ4v) is 1.82. The van der Waals surface area contributed by atoms with Crippen LogP contribution in [0.4, 0.5) is 0 Å². The number of nitrogens with two attached hydrogens (primary N) is 2. The highest BCUT2D eigenvalue weighted by Gasteiger charge is 2.19. The van der Waals surface area contributed by atoms with Gasteiger partial charge in [-0.15, -0.1) is 11.8 Å². The number of thioether (sulfide) groups is 1. The Balaban J connectivity index is 3.91. The Morgan fingerprint density at radius 3 is 2.43 bits per heavy atom. The molecule has 0 radical (unpaired) electrons. The molecule has 2 unspecified atom stereocenters. The summed E-state index contributed by atoms with van der Waals surface area (Å²) in [5, 5.41) is -0.286. The summed E-state index contributed by atoms with van der Waals surface area (Å²) in [7, 11) is 1.28. The minimum absolute atomic E-state index is 0.286.